The summed E-state index contributed by atoms with van der Waals surface area (Å²) in [6.07, 6.45) is 18.8. The minimum absolute atomic E-state index is 0.0831. The van der Waals surface area contributed by atoms with Crippen LogP contribution >= 0.6 is 34.8 Å². The number of halogens is 7. The number of carbonyl (C=O) groups is 4. The van der Waals surface area contributed by atoms with Gasteiger partial charge in [-0.2, -0.15) is 0 Å². The number of nitrogens with two attached hydrogens (primary N) is 4. The lowest BCUT2D eigenvalue weighted by Gasteiger charge is -2.32. The number of hydrogen-bond donors (Lipinski definition) is 6. The number of imidazole rings is 4. The van der Waals surface area contributed by atoms with Crippen LogP contribution in [-0.2, 0) is 4.74 Å². The fourth-order valence-electron chi connectivity index (χ4n) is 15.8. The van der Waals surface area contributed by atoms with Crippen molar-refractivity contribution in [3.63, 3.8) is 0 Å². The van der Waals surface area contributed by atoms with E-state index < -0.39 is 52.8 Å². The highest BCUT2D eigenvalue weighted by Gasteiger charge is 2.38. The highest BCUT2D eigenvalue weighted by Crippen LogP contribution is 2.46. The molecule has 8 aromatic heterocycles. The number of aromatic nitrogens is 12. The molecule has 11 heterocycles. The molecule has 4 aromatic carbocycles. The maximum Gasteiger partial charge on any atom is 0.260 e. The molecule has 670 valence electrons. The Hall–Kier alpha value is -11.8. The number of anilines is 4. The molecule has 3 saturated heterocycles. The third kappa shape index (κ3) is 19.4. The SMILES string of the molecule is CC(C)Oc1c(C(C)c2ncc3c(N)nccn23)cc(Cl)c(F)c1C(=O)NC1CCOCC1.CCCNC(=O)c1c(F)ccc(C(C)c2nc(C)c3c(N)nccn23)c1OC(C)C.Cc1nc(C(C)c2cc(Cl)c(F)c(C(=O)N3CCC3)c2OC(C)C)n2ccnc(N)c12.Cc1nc(C(C)c2cc(Cl)c(F)c(C(=O)N3CCCC3)c2OC(C)C)n2ccnc(N)c12. The molecule has 0 spiro atoms. The molecule has 4 unspecified atom stereocenters. The Labute approximate surface area is 742 Å². The Balaban J connectivity index is 0.000000153. The molecule has 15 rings (SSSR count). The van der Waals surface area contributed by atoms with Gasteiger partial charge in [-0.25, -0.2) is 57.4 Å². The van der Waals surface area contributed by atoms with E-state index in [-0.39, 0.29) is 109 Å². The summed E-state index contributed by atoms with van der Waals surface area (Å²) in [6.45, 7) is 33.8. The highest BCUT2D eigenvalue weighted by atomic mass is 35.5. The van der Waals surface area contributed by atoms with Crippen molar-refractivity contribution in [1.29, 1.82) is 0 Å². The molecule has 10 N–H and O–H groups in total. The van der Waals surface area contributed by atoms with E-state index in [0.717, 1.165) is 48.3 Å². The molecule has 0 bridgehead atoms. The van der Waals surface area contributed by atoms with Gasteiger partial charge in [0.05, 0.1) is 62.8 Å². The first-order chi connectivity index (χ1) is 59.9. The fraction of sp³-hybridized carbons (Fsp3) is 0.422. The number of ether oxygens (including phenoxy) is 5. The molecule has 36 heteroatoms. The van der Waals surface area contributed by atoms with Gasteiger partial charge in [-0.3, -0.25) is 36.8 Å². The smallest absolute Gasteiger partial charge is 0.260 e. The van der Waals surface area contributed by atoms with Crippen molar-refractivity contribution in [2.24, 2.45) is 0 Å². The molecule has 29 nitrogen and oxygen atoms in total. The summed E-state index contributed by atoms with van der Waals surface area (Å²) in [4.78, 5) is 90.7. The number of nitrogen functional groups attached to an aromatic ring is 4. The topological polar surface area (TPSA) is 370 Å². The van der Waals surface area contributed by atoms with Crippen LogP contribution in [0.25, 0.3) is 22.1 Å². The van der Waals surface area contributed by atoms with Crippen LogP contribution in [0.3, 0.4) is 0 Å². The normalized spacial score (nSPS) is 14.5. The van der Waals surface area contributed by atoms with Crippen molar-refractivity contribution in [3.05, 3.63) is 209 Å². The van der Waals surface area contributed by atoms with Crippen LogP contribution in [0.1, 0.15) is 256 Å². The first-order valence-electron chi connectivity index (χ1n) is 42.1. The number of rotatable bonds is 23. The molecule has 3 fully saturated rings. The number of hydrogen-bond acceptors (Lipinski definition) is 21. The molecule has 12 aromatic rings. The second-order valence-corrected chi connectivity index (χ2v) is 33.7. The van der Waals surface area contributed by atoms with Crippen molar-refractivity contribution in [3.8, 4) is 23.0 Å². The molecule has 3 aliphatic heterocycles. The molecular formula is C90H107Cl3F4N20O9. The lowest BCUT2D eigenvalue weighted by atomic mass is 9.95. The van der Waals surface area contributed by atoms with Crippen LogP contribution in [0.4, 0.5) is 40.8 Å². The molecule has 0 aliphatic carbocycles. The minimum atomic E-state index is -0.811. The Morgan fingerprint density at radius 1 is 0.468 bits per heavy atom. The standard InChI is InChI=1S/C23H27ClFN5O3.C23H27ClFN5O2.C22H25ClFN5O2.C22H28FN5O2/c1-12(2)33-20-15(13(3)22-28-11-17-21(26)27-6-7-30(17)22)10-16(24)19(25)18(20)23(31)29-14-4-8-32-9-5-14;1-12(2)32-20-15(11-16(24)18(25)17(20)23(31)29-8-5-6-9-29)13(3)22-28-14(4)19-21(26)27-7-10-30(19)22;1-11(2)31-19-14(10-15(23)17(24)16(19)22(30)28-7-5-8-28)12(3)21-27-13(4)18-20(25)26-6-9-29(18)21;1-6-9-26-22(29)17-16(23)8-7-15(19(17)30-12(2)3)13(4)21-27-14(5)18-20(24)25-10-11-28(18)21/h6-7,10-14H,4-5,8-9H2,1-3H3,(H2,26,27)(H,29,31);7,10-13H,5-6,8-9H2,1-4H3,(H2,26,27);6,9-12H,5,7-8H2,1-4H3,(H2,25,26);7-8,10-13H,6,9H2,1-5H3,(H2,24,25)(H,26,29). The predicted molar refractivity (Wildman–Crippen MR) is 477 cm³/mol. The van der Waals surface area contributed by atoms with Gasteiger partial charge in [0.15, 0.2) is 17.5 Å². The van der Waals surface area contributed by atoms with Crippen molar-refractivity contribution < 1.29 is 60.4 Å². The van der Waals surface area contributed by atoms with E-state index >= 15 is 13.2 Å². The van der Waals surface area contributed by atoms with E-state index in [1.807, 2.05) is 128 Å². The summed E-state index contributed by atoms with van der Waals surface area (Å²) >= 11 is 18.8. The molecule has 3 aliphatic rings. The summed E-state index contributed by atoms with van der Waals surface area (Å²) in [5.41, 5.74) is 31.0. The van der Waals surface area contributed by atoms with Gasteiger partial charge in [-0.05, 0) is 139 Å². The second kappa shape index (κ2) is 39.8. The fourth-order valence-corrected chi connectivity index (χ4v) is 16.4. The maximum absolute atomic E-state index is 15.3. The molecule has 4 amide bonds. The molecule has 0 saturated carbocycles. The van der Waals surface area contributed by atoms with Crippen molar-refractivity contribution in [2.45, 2.75) is 203 Å². The number of nitrogens with one attached hydrogen (secondary N) is 2. The van der Waals surface area contributed by atoms with Crippen LogP contribution < -0.4 is 52.5 Å². The van der Waals surface area contributed by atoms with E-state index in [1.165, 1.54) is 24.3 Å². The minimum Gasteiger partial charge on any atom is -0.490 e. The van der Waals surface area contributed by atoms with Gasteiger partial charge < -0.3 is 67.1 Å². The van der Waals surface area contributed by atoms with Gasteiger partial charge in [-0.1, -0.05) is 75.5 Å². The van der Waals surface area contributed by atoms with Gasteiger partial charge in [0.2, 0.25) is 0 Å². The molecule has 0 radical (unpaired) electrons. The number of nitrogens with zero attached hydrogens (tertiary/aromatic N) is 14. The van der Waals surface area contributed by atoms with Crippen molar-refractivity contribution in [2.75, 3.05) is 68.9 Å². The highest BCUT2D eigenvalue weighted by molar-refractivity contribution is 6.32. The first-order valence-corrected chi connectivity index (χ1v) is 43.2. The summed E-state index contributed by atoms with van der Waals surface area (Å²) in [5, 5.41) is 5.25. The van der Waals surface area contributed by atoms with Crippen LogP contribution in [0.2, 0.25) is 15.1 Å². The third-order valence-electron chi connectivity index (χ3n) is 22.0. The zero-order valence-corrected chi connectivity index (χ0v) is 75.6. The Kier molecular flexibility index (Phi) is 29.5. The monoisotopic (exact) mass is 1790 g/mol. The zero-order valence-electron chi connectivity index (χ0n) is 73.4. The summed E-state index contributed by atoms with van der Waals surface area (Å²) in [5.74, 6) is -1.26. The average Bonchev–Trinajstić information content (AvgIpc) is 1.76. The Morgan fingerprint density at radius 2 is 0.825 bits per heavy atom. The van der Waals surface area contributed by atoms with Crippen molar-refractivity contribution >= 4 is 104 Å². The zero-order chi connectivity index (χ0) is 91.3. The number of likely N-dealkylation sites (tertiary alicyclic amines) is 2. The Bertz CT molecular complexity index is 6060. The molecule has 4 atom stereocenters. The Morgan fingerprint density at radius 3 is 1.21 bits per heavy atom. The van der Waals surface area contributed by atoms with Gasteiger partial charge in [-0.15, -0.1) is 0 Å². The number of carbonyl (C=O) groups excluding carboxylic acids is 4. The predicted octanol–water partition coefficient (Wildman–Crippen LogP) is 16.6. The molecular weight excluding hydrogens is 1690 g/mol. The lowest BCUT2D eigenvalue weighted by Crippen LogP contribution is -2.42. The van der Waals surface area contributed by atoms with E-state index in [1.54, 1.807) is 71.6 Å². The number of aryl methyl sites for hydroxylation is 3. The van der Waals surface area contributed by atoms with E-state index in [4.69, 9.17) is 91.4 Å². The van der Waals surface area contributed by atoms with E-state index in [2.05, 4.69) is 40.5 Å². The van der Waals surface area contributed by atoms with Gasteiger partial charge >= 0.3 is 0 Å². The van der Waals surface area contributed by atoms with Gasteiger partial charge in [0, 0.05) is 147 Å². The van der Waals surface area contributed by atoms with Crippen LogP contribution in [0, 0.1) is 44.0 Å². The van der Waals surface area contributed by atoms with Gasteiger partial charge in [0.1, 0.15) is 120 Å². The number of benzene rings is 4. The van der Waals surface area contributed by atoms with Gasteiger partial charge in [0.25, 0.3) is 23.6 Å². The van der Waals surface area contributed by atoms with Crippen LogP contribution in [-0.4, -0.2) is 167 Å². The second-order valence-electron chi connectivity index (χ2n) is 32.5. The van der Waals surface area contributed by atoms with Crippen molar-refractivity contribution in [1.82, 2.24) is 77.9 Å². The first kappa shape index (κ1) is 93.3. The summed E-state index contributed by atoms with van der Waals surface area (Å²) in [6, 6.07) is 7.39. The number of fused-ring (bicyclic) bond motifs is 4. The van der Waals surface area contributed by atoms with Crippen LogP contribution in [0.15, 0.2) is 86.1 Å². The molecule has 126 heavy (non-hydrogen) atoms. The summed E-state index contributed by atoms with van der Waals surface area (Å²) < 4.78 is 97.2. The lowest BCUT2D eigenvalue weighted by molar-refractivity contribution is 0.0638. The largest absolute Gasteiger partial charge is 0.490 e. The van der Waals surface area contributed by atoms with E-state index in [0.29, 0.717) is 144 Å². The quantitative estimate of drug-likeness (QED) is 0.0324. The third-order valence-corrected chi connectivity index (χ3v) is 22.8. The van der Waals surface area contributed by atoms with Crippen LogP contribution in [0.5, 0.6) is 23.0 Å². The average molecular weight is 1800 g/mol. The summed E-state index contributed by atoms with van der Waals surface area (Å²) in [7, 11) is 0. The van der Waals surface area contributed by atoms with E-state index in [9.17, 15) is 23.6 Å². The number of amides is 4. The maximum atomic E-state index is 15.3.